The zero-order valence-electron chi connectivity index (χ0n) is 6.95. The second kappa shape index (κ2) is 2.86. The maximum atomic E-state index is 5.52. The molecule has 0 N–H and O–H groups in total. The minimum Gasteiger partial charge on any atom is -0.457 e. The molecule has 0 saturated carbocycles. The standard InChI is InChI=1S/C11H10O/c1-2-5-10-8-9-6-3-4-7-11(9)12-10/h2-8H,1H3/b5-2-. The zero-order valence-corrected chi connectivity index (χ0v) is 6.95. The average molecular weight is 158 g/mol. The van der Waals surface area contributed by atoms with E-state index in [1.54, 1.807) is 0 Å². The molecule has 0 unspecified atom stereocenters. The molecule has 0 aliphatic carbocycles. The molecule has 0 atom stereocenters. The van der Waals surface area contributed by atoms with Crippen molar-refractivity contribution in [1.29, 1.82) is 0 Å². The Morgan fingerprint density at radius 3 is 2.83 bits per heavy atom. The first-order valence-corrected chi connectivity index (χ1v) is 4.01. The summed E-state index contributed by atoms with van der Waals surface area (Å²) in [4.78, 5) is 0. The highest BCUT2D eigenvalue weighted by molar-refractivity contribution is 5.79. The van der Waals surface area contributed by atoms with E-state index >= 15 is 0 Å². The van der Waals surface area contributed by atoms with Crippen LogP contribution in [0.2, 0.25) is 0 Å². The van der Waals surface area contributed by atoms with Gasteiger partial charge in [-0.15, -0.1) is 0 Å². The van der Waals surface area contributed by atoms with Gasteiger partial charge in [0, 0.05) is 5.39 Å². The summed E-state index contributed by atoms with van der Waals surface area (Å²) in [5.74, 6) is 0.915. The Labute approximate surface area is 71.3 Å². The van der Waals surface area contributed by atoms with Crippen LogP contribution in [0.5, 0.6) is 0 Å². The van der Waals surface area contributed by atoms with Gasteiger partial charge in [0.25, 0.3) is 0 Å². The second-order valence-corrected chi connectivity index (χ2v) is 2.69. The van der Waals surface area contributed by atoms with Crippen LogP contribution in [0.15, 0.2) is 40.8 Å². The first kappa shape index (κ1) is 7.17. The number of fused-ring (bicyclic) bond motifs is 1. The van der Waals surface area contributed by atoms with Crippen LogP contribution >= 0.6 is 0 Å². The van der Waals surface area contributed by atoms with Gasteiger partial charge in [-0.1, -0.05) is 24.3 Å². The van der Waals surface area contributed by atoms with Crippen molar-refractivity contribution >= 4 is 17.0 Å². The van der Waals surface area contributed by atoms with E-state index in [9.17, 15) is 0 Å². The van der Waals surface area contributed by atoms with Crippen molar-refractivity contribution in [3.05, 3.63) is 42.2 Å². The summed E-state index contributed by atoms with van der Waals surface area (Å²) in [6.45, 7) is 1.98. The number of para-hydroxylation sites is 1. The molecule has 1 heterocycles. The monoisotopic (exact) mass is 158 g/mol. The van der Waals surface area contributed by atoms with E-state index in [1.807, 2.05) is 49.4 Å². The van der Waals surface area contributed by atoms with Crippen molar-refractivity contribution in [1.82, 2.24) is 0 Å². The molecule has 2 aromatic rings. The average Bonchev–Trinajstić information content (AvgIpc) is 2.47. The van der Waals surface area contributed by atoms with Crippen molar-refractivity contribution in [2.75, 3.05) is 0 Å². The predicted octanol–water partition coefficient (Wildman–Crippen LogP) is 3.47. The quantitative estimate of drug-likeness (QED) is 0.619. The SMILES string of the molecule is C/C=C\c1cc2ccccc2o1. The smallest absolute Gasteiger partial charge is 0.134 e. The summed E-state index contributed by atoms with van der Waals surface area (Å²) in [5, 5.41) is 1.16. The molecule has 0 fully saturated rings. The Balaban J connectivity index is 2.62. The molecule has 2 rings (SSSR count). The lowest BCUT2D eigenvalue weighted by molar-refractivity contribution is 0.604. The van der Waals surface area contributed by atoms with Gasteiger partial charge in [-0.2, -0.15) is 0 Å². The summed E-state index contributed by atoms with van der Waals surface area (Å²) < 4.78 is 5.52. The van der Waals surface area contributed by atoms with Gasteiger partial charge < -0.3 is 4.42 Å². The Morgan fingerprint density at radius 1 is 1.25 bits per heavy atom. The van der Waals surface area contributed by atoms with E-state index in [0.717, 1.165) is 16.7 Å². The topological polar surface area (TPSA) is 13.1 Å². The van der Waals surface area contributed by atoms with Gasteiger partial charge in [0.15, 0.2) is 0 Å². The number of hydrogen-bond donors (Lipinski definition) is 0. The van der Waals surface area contributed by atoms with E-state index in [2.05, 4.69) is 0 Å². The van der Waals surface area contributed by atoms with E-state index < -0.39 is 0 Å². The third kappa shape index (κ3) is 1.14. The van der Waals surface area contributed by atoms with Crippen LogP contribution in [-0.2, 0) is 0 Å². The van der Waals surface area contributed by atoms with Crippen LogP contribution in [0.4, 0.5) is 0 Å². The lowest BCUT2D eigenvalue weighted by Crippen LogP contribution is -1.57. The summed E-state index contributed by atoms with van der Waals surface area (Å²) in [6, 6.07) is 10.0. The van der Waals surface area contributed by atoms with E-state index in [4.69, 9.17) is 4.42 Å². The Bertz CT molecular complexity index is 377. The van der Waals surface area contributed by atoms with Crippen LogP contribution in [0, 0.1) is 0 Å². The van der Waals surface area contributed by atoms with Crippen LogP contribution in [0.3, 0.4) is 0 Å². The van der Waals surface area contributed by atoms with Crippen molar-refractivity contribution in [2.24, 2.45) is 0 Å². The van der Waals surface area contributed by atoms with Crippen LogP contribution in [0.25, 0.3) is 17.0 Å². The van der Waals surface area contributed by atoms with E-state index in [-0.39, 0.29) is 0 Å². The van der Waals surface area contributed by atoms with Gasteiger partial charge >= 0.3 is 0 Å². The van der Waals surface area contributed by atoms with Gasteiger partial charge in [-0.25, -0.2) is 0 Å². The first-order chi connectivity index (χ1) is 5.90. The molecule has 12 heavy (non-hydrogen) atoms. The summed E-state index contributed by atoms with van der Waals surface area (Å²) >= 11 is 0. The number of furan rings is 1. The molecule has 1 heteroatoms. The van der Waals surface area contributed by atoms with Crippen molar-refractivity contribution in [2.45, 2.75) is 6.92 Å². The number of benzene rings is 1. The molecule has 0 spiro atoms. The third-order valence-electron chi connectivity index (χ3n) is 1.78. The molecule has 0 bridgehead atoms. The van der Waals surface area contributed by atoms with Gasteiger partial charge in [0.2, 0.25) is 0 Å². The Hall–Kier alpha value is -1.50. The van der Waals surface area contributed by atoms with E-state index in [1.165, 1.54) is 0 Å². The molecule has 0 aliphatic heterocycles. The second-order valence-electron chi connectivity index (χ2n) is 2.69. The van der Waals surface area contributed by atoms with Crippen molar-refractivity contribution in [3.8, 4) is 0 Å². The number of hydrogen-bond acceptors (Lipinski definition) is 1. The highest BCUT2D eigenvalue weighted by Crippen LogP contribution is 2.19. The summed E-state index contributed by atoms with van der Waals surface area (Å²) in [6.07, 6.45) is 3.93. The maximum Gasteiger partial charge on any atom is 0.134 e. The molecule has 60 valence electrons. The summed E-state index contributed by atoms with van der Waals surface area (Å²) in [7, 11) is 0. The highest BCUT2D eigenvalue weighted by Gasteiger charge is 1.97. The molecule has 1 aromatic heterocycles. The summed E-state index contributed by atoms with van der Waals surface area (Å²) in [5.41, 5.74) is 0.950. The van der Waals surface area contributed by atoms with E-state index in [0.29, 0.717) is 0 Å². The molecule has 0 aliphatic rings. The number of rotatable bonds is 1. The molecule has 0 amide bonds. The molecule has 1 nitrogen and oxygen atoms in total. The first-order valence-electron chi connectivity index (χ1n) is 4.01. The number of allylic oxidation sites excluding steroid dienone is 1. The normalized spacial score (nSPS) is 11.4. The molecule has 0 saturated heterocycles. The minimum atomic E-state index is 0.915. The minimum absolute atomic E-state index is 0.915. The van der Waals surface area contributed by atoms with Gasteiger partial charge in [-0.05, 0) is 25.1 Å². The fourth-order valence-corrected chi connectivity index (χ4v) is 1.25. The van der Waals surface area contributed by atoms with Crippen LogP contribution in [0.1, 0.15) is 12.7 Å². The lowest BCUT2D eigenvalue weighted by atomic mass is 10.2. The Kier molecular flexibility index (Phi) is 1.71. The zero-order chi connectivity index (χ0) is 8.39. The predicted molar refractivity (Wildman–Crippen MR) is 50.9 cm³/mol. The molecular formula is C11H10O. The van der Waals surface area contributed by atoms with Crippen LogP contribution < -0.4 is 0 Å². The van der Waals surface area contributed by atoms with Gasteiger partial charge in [0.05, 0.1) is 0 Å². The highest BCUT2D eigenvalue weighted by atomic mass is 16.3. The fourth-order valence-electron chi connectivity index (χ4n) is 1.25. The van der Waals surface area contributed by atoms with Gasteiger partial charge in [-0.3, -0.25) is 0 Å². The van der Waals surface area contributed by atoms with Crippen LogP contribution in [-0.4, -0.2) is 0 Å². The largest absolute Gasteiger partial charge is 0.457 e. The Morgan fingerprint density at radius 2 is 2.08 bits per heavy atom. The van der Waals surface area contributed by atoms with Gasteiger partial charge in [0.1, 0.15) is 11.3 Å². The third-order valence-corrected chi connectivity index (χ3v) is 1.78. The molecule has 0 radical (unpaired) electrons. The molecular weight excluding hydrogens is 148 g/mol. The van der Waals surface area contributed by atoms with Crippen molar-refractivity contribution in [3.63, 3.8) is 0 Å². The fraction of sp³-hybridized carbons (Fsp3) is 0.0909. The van der Waals surface area contributed by atoms with Crippen molar-refractivity contribution < 1.29 is 4.42 Å². The maximum absolute atomic E-state index is 5.52. The lowest BCUT2D eigenvalue weighted by Gasteiger charge is -1.82. The molecule has 1 aromatic carbocycles.